The summed E-state index contributed by atoms with van der Waals surface area (Å²) in [4.78, 5) is 12.6. The Balaban J connectivity index is 1.68. The molecule has 1 heterocycles. The van der Waals surface area contributed by atoms with Gasteiger partial charge in [0.15, 0.2) is 17.6 Å². The summed E-state index contributed by atoms with van der Waals surface area (Å²) in [5, 5.41) is 12.1. The van der Waals surface area contributed by atoms with E-state index < -0.39 is 6.10 Å². The molecule has 8 heteroatoms. The smallest absolute Gasteiger partial charge is 0.267 e. The lowest BCUT2D eigenvalue weighted by molar-refractivity contribution is -0.122. The third kappa shape index (κ3) is 4.58. The third-order valence-electron chi connectivity index (χ3n) is 3.99. The molecule has 0 fully saturated rings. The van der Waals surface area contributed by atoms with Crippen LogP contribution in [0.15, 0.2) is 48.5 Å². The van der Waals surface area contributed by atoms with Gasteiger partial charge in [-0.1, -0.05) is 30.4 Å². The number of aromatic nitrogens is 2. The lowest BCUT2D eigenvalue weighted by atomic mass is 10.2. The third-order valence-corrected chi connectivity index (χ3v) is 4.88. The van der Waals surface area contributed by atoms with Crippen molar-refractivity contribution in [3.8, 4) is 27.8 Å². The van der Waals surface area contributed by atoms with Gasteiger partial charge in [-0.25, -0.2) is 0 Å². The van der Waals surface area contributed by atoms with Gasteiger partial charge in [-0.3, -0.25) is 10.1 Å². The maximum atomic E-state index is 12.6. The predicted molar refractivity (Wildman–Crippen MR) is 108 cm³/mol. The fourth-order valence-corrected chi connectivity index (χ4v) is 3.25. The maximum absolute atomic E-state index is 12.6. The quantitative estimate of drug-likeness (QED) is 0.616. The summed E-state index contributed by atoms with van der Waals surface area (Å²) in [6.07, 6.45) is -0.182. The highest BCUT2D eigenvalue weighted by Gasteiger charge is 2.21. The monoisotopic (exact) mass is 399 g/mol. The Bertz CT molecular complexity index is 927. The summed E-state index contributed by atoms with van der Waals surface area (Å²) in [6, 6.07) is 14.7. The van der Waals surface area contributed by atoms with Gasteiger partial charge in [0.25, 0.3) is 5.91 Å². The normalized spacial score (nSPS) is 11.5. The number of anilines is 1. The highest BCUT2D eigenvalue weighted by atomic mass is 32.1. The molecule has 0 saturated carbocycles. The zero-order valence-electron chi connectivity index (χ0n) is 15.8. The van der Waals surface area contributed by atoms with E-state index in [0.717, 1.165) is 11.3 Å². The number of rotatable bonds is 8. The first-order chi connectivity index (χ1) is 13.6. The summed E-state index contributed by atoms with van der Waals surface area (Å²) in [7, 11) is 3.18. The number of carbonyl (C=O) groups is 1. The number of nitrogens with zero attached hydrogens (tertiary/aromatic N) is 2. The van der Waals surface area contributed by atoms with Crippen molar-refractivity contribution in [2.45, 2.75) is 19.4 Å². The van der Waals surface area contributed by atoms with Crippen molar-refractivity contribution in [3.05, 3.63) is 48.5 Å². The Kier molecular flexibility index (Phi) is 6.44. The first-order valence-corrected chi connectivity index (χ1v) is 9.54. The fraction of sp³-hybridized carbons (Fsp3) is 0.250. The van der Waals surface area contributed by atoms with Crippen LogP contribution in [0.1, 0.15) is 13.3 Å². The number of nitrogens with one attached hydrogen (secondary N) is 1. The number of hydrogen-bond donors (Lipinski definition) is 1. The molecule has 28 heavy (non-hydrogen) atoms. The van der Waals surface area contributed by atoms with E-state index >= 15 is 0 Å². The van der Waals surface area contributed by atoms with Crippen LogP contribution in [-0.2, 0) is 4.79 Å². The Labute approximate surface area is 167 Å². The van der Waals surface area contributed by atoms with Gasteiger partial charge in [-0.15, -0.1) is 10.2 Å². The van der Waals surface area contributed by atoms with Gasteiger partial charge in [-0.2, -0.15) is 0 Å². The zero-order chi connectivity index (χ0) is 19.9. The van der Waals surface area contributed by atoms with Gasteiger partial charge in [0.05, 0.1) is 14.2 Å². The van der Waals surface area contributed by atoms with Crippen molar-refractivity contribution in [2.75, 3.05) is 19.5 Å². The van der Waals surface area contributed by atoms with Crippen LogP contribution in [0.25, 0.3) is 10.6 Å². The zero-order valence-corrected chi connectivity index (χ0v) is 16.7. The summed E-state index contributed by atoms with van der Waals surface area (Å²) in [5.74, 6) is 1.57. The number of hydrogen-bond acceptors (Lipinski definition) is 7. The number of carbonyl (C=O) groups excluding carboxylic acids is 1. The van der Waals surface area contributed by atoms with E-state index in [1.165, 1.54) is 11.3 Å². The molecular weight excluding hydrogens is 378 g/mol. The molecule has 3 aromatic rings. The van der Waals surface area contributed by atoms with Crippen molar-refractivity contribution in [1.29, 1.82) is 0 Å². The standard InChI is InChI=1S/C20H21N3O4S/c1-4-15(27-17-8-6-5-7-16(17)26-3)18(24)21-20-23-22-19(28-20)13-9-11-14(25-2)12-10-13/h5-12,15H,4H2,1-3H3,(H,21,23,24)/t15-/m1/s1. The first-order valence-electron chi connectivity index (χ1n) is 8.73. The van der Waals surface area contributed by atoms with E-state index in [4.69, 9.17) is 14.2 Å². The van der Waals surface area contributed by atoms with Crippen molar-refractivity contribution in [1.82, 2.24) is 10.2 Å². The molecule has 1 aromatic heterocycles. The molecule has 146 valence electrons. The molecule has 1 atom stereocenters. The summed E-state index contributed by atoms with van der Waals surface area (Å²) in [6.45, 7) is 1.88. The average molecular weight is 399 g/mol. The number of para-hydroxylation sites is 2. The average Bonchev–Trinajstić information content (AvgIpc) is 3.20. The molecule has 2 aromatic carbocycles. The van der Waals surface area contributed by atoms with Crippen LogP contribution in [0.5, 0.6) is 17.2 Å². The fourth-order valence-electron chi connectivity index (χ4n) is 2.50. The van der Waals surface area contributed by atoms with Crippen LogP contribution < -0.4 is 19.5 Å². The second-order valence-electron chi connectivity index (χ2n) is 5.80. The molecule has 0 saturated heterocycles. The maximum Gasteiger partial charge on any atom is 0.267 e. The van der Waals surface area contributed by atoms with Gasteiger partial charge < -0.3 is 14.2 Å². The summed E-state index contributed by atoms with van der Waals surface area (Å²) >= 11 is 1.29. The molecule has 0 aliphatic heterocycles. The second-order valence-corrected chi connectivity index (χ2v) is 6.77. The summed E-state index contributed by atoms with van der Waals surface area (Å²) in [5.41, 5.74) is 0.899. The molecule has 0 aliphatic rings. The second kappa shape index (κ2) is 9.18. The van der Waals surface area contributed by atoms with Crippen molar-refractivity contribution in [3.63, 3.8) is 0 Å². The van der Waals surface area contributed by atoms with Crippen molar-refractivity contribution < 1.29 is 19.0 Å². The Hall–Kier alpha value is -3.13. The lowest BCUT2D eigenvalue weighted by Gasteiger charge is -2.18. The largest absolute Gasteiger partial charge is 0.497 e. The molecule has 0 bridgehead atoms. The molecule has 0 spiro atoms. The summed E-state index contributed by atoms with van der Waals surface area (Å²) < 4.78 is 16.3. The molecule has 1 N–H and O–H groups in total. The highest BCUT2D eigenvalue weighted by Crippen LogP contribution is 2.29. The molecule has 0 unspecified atom stereocenters. The first kappa shape index (κ1) is 19.6. The molecule has 7 nitrogen and oxygen atoms in total. The van der Waals surface area contributed by atoms with E-state index in [2.05, 4.69) is 15.5 Å². The Morgan fingerprint density at radius 1 is 1.04 bits per heavy atom. The van der Waals surface area contributed by atoms with Crippen molar-refractivity contribution in [2.24, 2.45) is 0 Å². The van der Waals surface area contributed by atoms with Crippen LogP contribution in [0, 0.1) is 0 Å². The molecule has 1 amide bonds. The molecule has 0 radical (unpaired) electrons. The van der Waals surface area contributed by atoms with Gasteiger partial charge in [0.2, 0.25) is 5.13 Å². The number of benzene rings is 2. The highest BCUT2D eigenvalue weighted by molar-refractivity contribution is 7.18. The van der Waals surface area contributed by atoms with Gasteiger partial charge in [-0.05, 0) is 42.8 Å². The number of ether oxygens (including phenoxy) is 3. The number of amides is 1. The minimum Gasteiger partial charge on any atom is -0.497 e. The van der Waals surface area contributed by atoms with Gasteiger partial charge in [0, 0.05) is 5.56 Å². The van der Waals surface area contributed by atoms with Crippen molar-refractivity contribution >= 4 is 22.4 Å². The predicted octanol–water partition coefficient (Wildman–Crippen LogP) is 4.02. The van der Waals surface area contributed by atoms with Crippen LogP contribution >= 0.6 is 11.3 Å². The van der Waals surface area contributed by atoms with Crippen LogP contribution in [0.4, 0.5) is 5.13 Å². The topological polar surface area (TPSA) is 82.6 Å². The molecule has 3 rings (SSSR count). The SMILES string of the molecule is CC[C@@H](Oc1ccccc1OC)C(=O)Nc1nnc(-c2ccc(OC)cc2)s1. The Morgan fingerprint density at radius 2 is 1.75 bits per heavy atom. The number of methoxy groups -OCH3 is 2. The Morgan fingerprint density at radius 3 is 2.39 bits per heavy atom. The minimum absolute atomic E-state index is 0.286. The van der Waals surface area contributed by atoms with Crippen LogP contribution in [0.3, 0.4) is 0 Å². The van der Waals surface area contributed by atoms with E-state index in [9.17, 15) is 4.79 Å². The molecular formula is C20H21N3O4S. The lowest BCUT2D eigenvalue weighted by Crippen LogP contribution is -2.32. The van der Waals surface area contributed by atoms with Gasteiger partial charge in [0.1, 0.15) is 10.8 Å². The van der Waals surface area contributed by atoms with E-state index in [1.807, 2.05) is 43.3 Å². The van der Waals surface area contributed by atoms with E-state index in [1.54, 1.807) is 26.4 Å². The van der Waals surface area contributed by atoms with Crippen LogP contribution in [-0.4, -0.2) is 36.4 Å². The van der Waals surface area contributed by atoms with E-state index in [-0.39, 0.29) is 5.91 Å². The van der Waals surface area contributed by atoms with E-state index in [0.29, 0.717) is 28.1 Å². The minimum atomic E-state index is -0.676. The van der Waals surface area contributed by atoms with Gasteiger partial charge >= 0.3 is 0 Å². The molecule has 0 aliphatic carbocycles. The van der Waals surface area contributed by atoms with Crippen LogP contribution in [0.2, 0.25) is 0 Å².